The number of hydrogen-bond donors (Lipinski definition) is 2. The zero-order chi connectivity index (χ0) is 23.3. The third-order valence-electron chi connectivity index (χ3n) is 4.29. The van der Waals surface area contributed by atoms with Crippen LogP contribution in [0.15, 0.2) is 59.2 Å². The average Bonchev–Trinajstić information content (AvgIpc) is 2.67. The number of unbranched alkanes of at least 4 members (excludes halogenated alkanes) is 1. The molecule has 1 aromatic rings. The van der Waals surface area contributed by atoms with Crippen molar-refractivity contribution < 1.29 is 32.5 Å². The van der Waals surface area contributed by atoms with Crippen molar-refractivity contribution in [3.05, 3.63) is 64.8 Å². The number of benzene rings is 1. The van der Waals surface area contributed by atoms with E-state index in [1.54, 1.807) is 24.3 Å². The van der Waals surface area contributed by atoms with E-state index in [1.165, 1.54) is 16.7 Å². The van der Waals surface area contributed by atoms with E-state index < -0.39 is 16.1 Å². The lowest BCUT2D eigenvalue weighted by atomic mass is 10.1. The lowest BCUT2D eigenvalue weighted by Gasteiger charge is -2.11. The predicted molar refractivity (Wildman–Crippen MR) is 124 cm³/mol. The topological polar surface area (TPSA) is 102 Å². The molecule has 0 bridgehead atoms. The molecular weight excluding hydrogens is 438 g/mol. The number of ether oxygens (including phenoxy) is 1. The first kappa shape index (κ1) is 27.6. The summed E-state index contributed by atoms with van der Waals surface area (Å²) in [6.45, 7) is 8.62. The molecular formula is C22H34O7P2. The van der Waals surface area contributed by atoms with Gasteiger partial charge in [-0.1, -0.05) is 41.0 Å². The SMILES string of the molecule is CC(C)=CCC/C=C(\C)CC/C(C)=C/COc1cccc(COP(=O)(O)O[PH](=O)O)c1. The van der Waals surface area contributed by atoms with E-state index >= 15 is 0 Å². The summed E-state index contributed by atoms with van der Waals surface area (Å²) in [5.74, 6) is 0.588. The highest BCUT2D eigenvalue weighted by atomic mass is 31.2. The molecule has 2 N–H and O–H groups in total. The highest BCUT2D eigenvalue weighted by molar-refractivity contribution is 7.55. The molecule has 0 aliphatic rings. The summed E-state index contributed by atoms with van der Waals surface area (Å²) in [6.07, 6.45) is 10.7. The molecule has 0 aromatic heterocycles. The summed E-state index contributed by atoms with van der Waals surface area (Å²) in [5, 5.41) is 0. The summed E-state index contributed by atoms with van der Waals surface area (Å²) in [7, 11) is -8.14. The Kier molecular flexibility index (Phi) is 13.0. The Hall–Kier alpha value is -1.46. The smallest absolute Gasteiger partial charge is 0.479 e. The van der Waals surface area contributed by atoms with Crippen molar-refractivity contribution in [2.45, 2.75) is 60.0 Å². The molecule has 7 nitrogen and oxygen atoms in total. The Morgan fingerprint density at radius 3 is 2.35 bits per heavy atom. The highest BCUT2D eigenvalue weighted by Crippen LogP contribution is 2.51. The fourth-order valence-corrected chi connectivity index (χ4v) is 3.90. The van der Waals surface area contributed by atoms with Crippen molar-refractivity contribution >= 4 is 16.1 Å². The van der Waals surface area contributed by atoms with Gasteiger partial charge in [-0.25, -0.2) is 8.88 Å². The normalized spacial score (nSPS) is 15.3. The first-order valence-corrected chi connectivity index (χ1v) is 12.9. The maximum Gasteiger partial charge on any atom is 0.479 e. The summed E-state index contributed by atoms with van der Waals surface area (Å²) < 4.78 is 36.4. The van der Waals surface area contributed by atoms with Crippen molar-refractivity contribution in [2.24, 2.45) is 0 Å². The van der Waals surface area contributed by atoms with Crippen molar-refractivity contribution in [3.63, 3.8) is 0 Å². The second-order valence-corrected chi connectivity index (χ2v) is 9.97. The lowest BCUT2D eigenvalue weighted by molar-refractivity contribution is 0.192. The van der Waals surface area contributed by atoms with Gasteiger partial charge in [-0.15, -0.1) is 0 Å². The van der Waals surface area contributed by atoms with Gasteiger partial charge in [-0.05, 0) is 77.2 Å². The number of rotatable bonds is 14. The van der Waals surface area contributed by atoms with Crippen LogP contribution >= 0.6 is 16.1 Å². The molecule has 1 aromatic carbocycles. The third kappa shape index (κ3) is 14.3. The molecule has 0 saturated carbocycles. The van der Waals surface area contributed by atoms with Crippen LogP contribution < -0.4 is 4.74 Å². The number of allylic oxidation sites excluding steroid dienone is 5. The maximum atomic E-state index is 11.5. The van der Waals surface area contributed by atoms with Crippen molar-refractivity contribution in [3.8, 4) is 5.75 Å². The van der Waals surface area contributed by atoms with Crippen LogP contribution in [0.2, 0.25) is 0 Å². The summed E-state index contributed by atoms with van der Waals surface area (Å²) in [4.78, 5) is 17.9. The molecule has 0 fully saturated rings. The van der Waals surface area contributed by atoms with Gasteiger partial charge in [0.05, 0.1) is 6.61 Å². The largest absolute Gasteiger partial charge is 0.490 e. The van der Waals surface area contributed by atoms with Crippen LogP contribution in [0.3, 0.4) is 0 Å². The van der Waals surface area contributed by atoms with Crippen molar-refractivity contribution in [2.75, 3.05) is 6.61 Å². The van der Waals surface area contributed by atoms with Gasteiger partial charge in [0, 0.05) is 0 Å². The molecule has 0 radical (unpaired) electrons. The van der Waals surface area contributed by atoms with Crippen LogP contribution in [0, 0.1) is 0 Å². The molecule has 9 heteroatoms. The van der Waals surface area contributed by atoms with E-state index in [0.29, 0.717) is 17.9 Å². The molecule has 0 amide bonds. The molecule has 31 heavy (non-hydrogen) atoms. The fourth-order valence-electron chi connectivity index (χ4n) is 2.59. The average molecular weight is 472 g/mol. The lowest BCUT2D eigenvalue weighted by Crippen LogP contribution is -1.97. The molecule has 0 spiro atoms. The van der Waals surface area contributed by atoms with Gasteiger partial charge in [0.2, 0.25) is 0 Å². The Labute approximate surface area is 186 Å². The van der Waals surface area contributed by atoms with Gasteiger partial charge in [0.15, 0.2) is 0 Å². The summed E-state index contributed by atoms with van der Waals surface area (Å²) in [6, 6.07) is 6.85. The van der Waals surface area contributed by atoms with E-state index in [0.717, 1.165) is 25.7 Å². The Bertz CT molecular complexity index is 855. The van der Waals surface area contributed by atoms with E-state index in [-0.39, 0.29) is 6.61 Å². The Morgan fingerprint density at radius 2 is 1.71 bits per heavy atom. The van der Waals surface area contributed by atoms with E-state index in [4.69, 9.17) is 14.2 Å². The van der Waals surface area contributed by atoms with Crippen molar-refractivity contribution in [1.82, 2.24) is 0 Å². The molecule has 174 valence electrons. The molecule has 0 heterocycles. The van der Waals surface area contributed by atoms with Crippen LogP contribution in [0.5, 0.6) is 5.75 Å². The second-order valence-electron chi connectivity index (χ2n) is 7.52. The van der Waals surface area contributed by atoms with Crippen LogP contribution in [-0.4, -0.2) is 16.4 Å². The number of phosphoric acid groups is 1. The minimum Gasteiger partial charge on any atom is -0.490 e. The van der Waals surface area contributed by atoms with Crippen LogP contribution in [0.1, 0.15) is 58.9 Å². The maximum absolute atomic E-state index is 11.5. The Balaban J connectivity index is 2.43. The second kappa shape index (κ2) is 14.6. The minimum atomic E-state index is -4.57. The third-order valence-corrected chi connectivity index (χ3v) is 6.30. The fraction of sp³-hybridized carbons (Fsp3) is 0.455. The van der Waals surface area contributed by atoms with E-state index in [9.17, 15) is 14.0 Å². The first-order chi connectivity index (χ1) is 14.6. The monoisotopic (exact) mass is 472 g/mol. The number of hydrogen-bond acceptors (Lipinski definition) is 5. The standard InChI is InChI=1S/C22H34O7P2/c1-18(2)8-5-6-9-19(3)12-13-20(4)14-15-27-22-11-7-10-21(16-22)17-28-31(25,26)29-30(23)24/h7-11,14,16,30H,5-6,12-13,15,17H2,1-4H3,(H,23,24)(H,25,26)/b19-9+,20-14+. The molecule has 2 atom stereocenters. The summed E-state index contributed by atoms with van der Waals surface area (Å²) in [5.41, 5.74) is 4.56. The molecule has 0 aliphatic carbocycles. The highest BCUT2D eigenvalue weighted by Gasteiger charge is 2.23. The summed E-state index contributed by atoms with van der Waals surface area (Å²) >= 11 is 0. The van der Waals surface area contributed by atoms with Crippen LogP contribution in [0.4, 0.5) is 0 Å². The first-order valence-electron chi connectivity index (χ1n) is 10.1. The van der Waals surface area contributed by atoms with Crippen LogP contribution in [0.25, 0.3) is 0 Å². The molecule has 2 unspecified atom stereocenters. The van der Waals surface area contributed by atoms with E-state index in [1.807, 2.05) is 6.08 Å². The molecule has 0 aliphatic heterocycles. The molecule has 1 rings (SSSR count). The number of phosphoric ester groups is 1. The van der Waals surface area contributed by atoms with Gasteiger partial charge in [-0.2, -0.15) is 0 Å². The molecule has 0 saturated heterocycles. The van der Waals surface area contributed by atoms with E-state index in [2.05, 4.69) is 44.2 Å². The van der Waals surface area contributed by atoms with Gasteiger partial charge >= 0.3 is 16.1 Å². The zero-order valence-corrected chi connectivity index (χ0v) is 20.6. The van der Waals surface area contributed by atoms with Gasteiger partial charge < -0.3 is 14.5 Å². The Morgan fingerprint density at radius 1 is 1.06 bits per heavy atom. The van der Waals surface area contributed by atoms with Crippen molar-refractivity contribution in [1.29, 1.82) is 0 Å². The quantitative estimate of drug-likeness (QED) is 0.181. The zero-order valence-electron chi connectivity index (χ0n) is 18.7. The predicted octanol–water partition coefficient (Wildman–Crippen LogP) is 6.50. The van der Waals surface area contributed by atoms with Gasteiger partial charge in [-0.3, -0.25) is 9.09 Å². The van der Waals surface area contributed by atoms with Gasteiger partial charge in [0.1, 0.15) is 12.4 Å². The minimum absolute atomic E-state index is 0.256. The van der Waals surface area contributed by atoms with Crippen LogP contribution in [-0.2, 0) is 24.6 Å². The van der Waals surface area contributed by atoms with Gasteiger partial charge in [0.25, 0.3) is 0 Å².